The minimum Gasteiger partial charge on any atom is -0.337 e. The summed E-state index contributed by atoms with van der Waals surface area (Å²) in [4.78, 5) is 15.4. The van der Waals surface area contributed by atoms with E-state index >= 15 is 0 Å². The van der Waals surface area contributed by atoms with E-state index in [0.29, 0.717) is 17.9 Å². The summed E-state index contributed by atoms with van der Waals surface area (Å²) in [5.74, 6) is 1.01. The Kier molecular flexibility index (Phi) is 5.51. The molecule has 0 bridgehead atoms. The third kappa shape index (κ3) is 3.71. The number of hydrazine groups is 1. The lowest BCUT2D eigenvalue weighted by Gasteiger charge is -2.36. The first-order valence-electron chi connectivity index (χ1n) is 10.5. The summed E-state index contributed by atoms with van der Waals surface area (Å²) < 4.78 is 1.87. The molecule has 3 unspecified atom stereocenters. The number of amides is 1. The fourth-order valence-corrected chi connectivity index (χ4v) is 4.54. The van der Waals surface area contributed by atoms with E-state index in [1.165, 1.54) is 5.56 Å². The highest BCUT2D eigenvalue weighted by Crippen LogP contribution is 2.34. The summed E-state index contributed by atoms with van der Waals surface area (Å²) in [6, 6.07) is 13.1. The second kappa shape index (κ2) is 8.05. The van der Waals surface area contributed by atoms with Gasteiger partial charge in [-0.25, -0.2) is 5.43 Å². The summed E-state index contributed by atoms with van der Waals surface area (Å²) in [6.45, 7) is 8.67. The average Bonchev–Trinajstić information content (AvgIpc) is 3.31. The normalized spacial score (nSPS) is 24.6. The molecule has 0 spiro atoms. The van der Waals surface area contributed by atoms with E-state index in [1.807, 2.05) is 28.6 Å². The number of piperidine rings is 1. The second-order valence-electron chi connectivity index (χ2n) is 8.42. The smallest absolute Gasteiger partial charge is 0.272 e. The van der Waals surface area contributed by atoms with Crippen LogP contribution in [-0.2, 0) is 13.0 Å². The number of aryl methyl sites for hydroxylation is 1. The monoisotopic (exact) mass is 381 g/mol. The van der Waals surface area contributed by atoms with Crippen LogP contribution in [-0.4, -0.2) is 39.7 Å². The number of hydrogen-bond acceptors (Lipinski definition) is 4. The first-order chi connectivity index (χ1) is 13.6. The lowest BCUT2D eigenvalue weighted by atomic mass is 9.85. The van der Waals surface area contributed by atoms with Gasteiger partial charge in [-0.1, -0.05) is 44.2 Å². The minimum absolute atomic E-state index is 0.113. The van der Waals surface area contributed by atoms with E-state index < -0.39 is 0 Å². The van der Waals surface area contributed by atoms with Crippen molar-refractivity contribution in [2.24, 2.45) is 11.8 Å². The van der Waals surface area contributed by atoms with E-state index in [-0.39, 0.29) is 11.9 Å². The number of carbonyl (C=O) groups excluding carboxylic acids is 1. The van der Waals surface area contributed by atoms with Gasteiger partial charge in [-0.2, -0.15) is 5.10 Å². The van der Waals surface area contributed by atoms with Crippen molar-refractivity contribution >= 4 is 5.91 Å². The second-order valence-corrected chi connectivity index (χ2v) is 8.42. The van der Waals surface area contributed by atoms with Crippen LogP contribution in [0.4, 0.5) is 0 Å². The number of nitrogens with one attached hydrogen (secondary N) is 2. The van der Waals surface area contributed by atoms with Crippen molar-refractivity contribution in [1.82, 2.24) is 25.5 Å². The van der Waals surface area contributed by atoms with Crippen LogP contribution in [0.15, 0.2) is 36.4 Å². The molecule has 1 aromatic heterocycles. The van der Waals surface area contributed by atoms with Crippen LogP contribution >= 0.6 is 0 Å². The summed E-state index contributed by atoms with van der Waals surface area (Å²) in [6.07, 6.45) is 1.87. The van der Waals surface area contributed by atoms with Gasteiger partial charge in [-0.15, -0.1) is 0 Å². The minimum atomic E-state index is 0.113. The van der Waals surface area contributed by atoms with Gasteiger partial charge in [-0.05, 0) is 37.3 Å². The summed E-state index contributed by atoms with van der Waals surface area (Å²) >= 11 is 0. The van der Waals surface area contributed by atoms with Gasteiger partial charge in [0.25, 0.3) is 5.91 Å². The highest BCUT2D eigenvalue weighted by atomic mass is 16.2. The third-order valence-electron chi connectivity index (χ3n) is 5.92. The van der Waals surface area contributed by atoms with Gasteiger partial charge in [0.05, 0.1) is 11.7 Å². The molecule has 2 aliphatic rings. The van der Waals surface area contributed by atoms with Crippen molar-refractivity contribution in [3.8, 4) is 0 Å². The maximum Gasteiger partial charge on any atom is 0.272 e. The average molecular weight is 382 g/mol. The molecule has 6 heteroatoms. The number of benzene rings is 1. The van der Waals surface area contributed by atoms with Gasteiger partial charge in [0.15, 0.2) is 0 Å². The number of aromatic nitrogens is 2. The topological polar surface area (TPSA) is 62.2 Å². The Morgan fingerprint density at radius 3 is 2.75 bits per heavy atom. The van der Waals surface area contributed by atoms with Crippen molar-refractivity contribution < 1.29 is 4.79 Å². The zero-order valence-corrected chi connectivity index (χ0v) is 17.1. The van der Waals surface area contributed by atoms with E-state index in [4.69, 9.17) is 0 Å². The maximum atomic E-state index is 13.3. The first-order valence-corrected chi connectivity index (χ1v) is 10.5. The quantitative estimate of drug-likeness (QED) is 0.836. The summed E-state index contributed by atoms with van der Waals surface area (Å²) in [7, 11) is 0. The molecule has 4 rings (SSSR count). The third-order valence-corrected chi connectivity index (χ3v) is 5.92. The van der Waals surface area contributed by atoms with Crippen LogP contribution in [0.2, 0.25) is 0 Å². The van der Waals surface area contributed by atoms with E-state index in [0.717, 1.165) is 43.9 Å². The molecule has 2 saturated heterocycles. The fourth-order valence-electron chi connectivity index (χ4n) is 4.54. The molecule has 3 heterocycles. The molecule has 0 saturated carbocycles. The van der Waals surface area contributed by atoms with Crippen LogP contribution < -0.4 is 10.9 Å². The molecule has 28 heavy (non-hydrogen) atoms. The van der Waals surface area contributed by atoms with Gasteiger partial charge in [-0.3, -0.25) is 14.9 Å². The largest absolute Gasteiger partial charge is 0.337 e. The van der Waals surface area contributed by atoms with E-state index in [1.54, 1.807) is 0 Å². The molecular formula is C22H31N5O. The fraction of sp³-hybridized carbons (Fsp3) is 0.545. The lowest BCUT2D eigenvalue weighted by Crippen LogP contribution is -2.48. The molecule has 2 fully saturated rings. The van der Waals surface area contributed by atoms with Crippen LogP contribution in [0.1, 0.15) is 55.0 Å². The van der Waals surface area contributed by atoms with Crippen molar-refractivity contribution in [2.75, 3.05) is 13.1 Å². The SMILES string of the molecule is CCn1nc(CC(C)C)cc1C(=O)N1CCC2NNC(c3ccccc3)C2C1. The van der Waals surface area contributed by atoms with Crippen molar-refractivity contribution in [2.45, 2.75) is 52.2 Å². The highest BCUT2D eigenvalue weighted by Gasteiger charge is 2.42. The Morgan fingerprint density at radius 2 is 2.04 bits per heavy atom. The van der Waals surface area contributed by atoms with Gasteiger partial charge in [0, 0.05) is 31.6 Å². The van der Waals surface area contributed by atoms with Crippen molar-refractivity contribution in [1.29, 1.82) is 0 Å². The Hall–Kier alpha value is -2.18. The molecule has 2 aliphatic heterocycles. The zero-order valence-electron chi connectivity index (χ0n) is 17.1. The van der Waals surface area contributed by atoms with Gasteiger partial charge in [0.1, 0.15) is 5.69 Å². The predicted molar refractivity (Wildman–Crippen MR) is 110 cm³/mol. The van der Waals surface area contributed by atoms with Crippen LogP contribution in [0.5, 0.6) is 0 Å². The molecule has 2 N–H and O–H groups in total. The number of rotatable bonds is 5. The van der Waals surface area contributed by atoms with Crippen LogP contribution in [0, 0.1) is 11.8 Å². The molecule has 150 valence electrons. The Bertz CT molecular complexity index is 816. The Morgan fingerprint density at radius 1 is 1.25 bits per heavy atom. The summed E-state index contributed by atoms with van der Waals surface area (Å²) in [5.41, 5.74) is 9.92. The summed E-state index contributed by atoms with van der Waals surface area (Å²) in [5, 5.41) is 4.66. The van der Waals surface area contributed by atoms with Gasteiger partial charge in [0.2, 0.25) is 0 Å². The lowest BCUT2D eigenvalue weighted by molar-refractivity contribution is 0.0640. The van der Waals surface area contributed by atoms with Gasteiger partial charge < -0.3 is 4.90 Å². The molecule has 1 amide bonds. The Labute approximate surface area is 167 Å². The van der Waals surface area contributed by atoms with Gasteiger partial charge >= 0.3 is 0 Å². The molecule has 0 aliphatic carbocycles. The number of hydrogen-bond donors (Lipinski definition) is 2. The molecule has 1 aromatic carbocycles. The van der Waals surface area contributed by atoms with E-state index in [9.17, 15) is 4.79 Å². The molecular weight excluding hydrogens is 350 g/mol. The standard InChI is InChI=1S/C22H31N5O/c1-4-27-20(13-17(25-27)12-15(2)3)22(28)26-11-10-19-18(14-26)21(24-23-19)16-8-6-5-7-9-16/h5-9,13,15,18-19,21,23-24H,4,10-12,14H2,1-3H3. The number of likely N-dealkylation sites (tertiary alicyclic amines) is 1. The first kappa shape index (κ1) is 19.2. The molecule has 0 radical (unpaired) electrons. The molecule has 3 atom stereocenters. The maximum absolute atomic E-state index is 13.3. The molecule has 6 nitrogen and oxygen atoms in total. The van der Waals surface area contributed by atoms with Crippen molar-refractivity contribution in [3.63, 3.8) is 0 Å². The van der Waals surface area contributed by atoms with Crippen LogP contribution in [0.3, 0.4) is 0 Å². The number of fused-ring (bicyclic) bond motifs is 1. The van der Waals surface area contributed by atoms with Crippen LogP contribution in [0.25, 0.3) is 0 Å². The Balaban J connectivity index is 1.52. The number of nitrogens with zero attached hydrogens (tertiary/aromatic N) is 3. The van der Waals surface area contributed by atoms with E-state index in [2.05, 4.69) is 54.1 Å². The zero-order chi connectivity index (χ0) is 19.7. The molecule has 2 aromatic rings. The predicted octanol–water partition coefficient (Wildman–Crippen LogP) is 2.78. The highest BCUT2D eigenvalue weighted by molar-refractivity contribution is 5.92. The number of carbonyl (C=O) groups is 1. The van der Waals surface area contributed by atoms with Crippen molar-refractivity contribution in [3.05, 3.63) is 53.3 Å².